The van der Waals surface area contributed by atoms with Crippen LogP contribution in [0.25, 0.3) is 0 Å². The van der Waals surface area contributed by atoms with E-state index in [0.29, 0.717) is 26.2 Å². The van der Waals surface area contributed by atoms with Crippen molar-refractivity contribution in [3.8, 4) is 0 Å². The number of urea groups is 1. The number of ether oxygens (including phenoxy) is 2. The van der Waals surface area contributed by atoms with Crippen molar-refractivity contribution in [1.29, 1.82) is 0 Å². The number of hydrogen-bond acceptors (Lipinski definition) is 6. The molecule has 3 amide bonds. The summed E-state index contributed by atoms with van der Waals surface area (Å²) >= 11 is 0. The summed E-state index contributed by atoms with van der Waals surface area (Å²) in [6.07, 6.45) is 0. The molecule has 2 unspecified atom stereocenters. The average Bonchev–Trinajstić information content (AvgIpc) is 2.78. The first-order valence-corrected chi connectivity index (χ1v) is 6.84. The molecule has 8 heteroatoms. The van der Waals surface area contributed by atoms with Crippen LogP contribution in [0.2, 0.25) is 0 Å². The van der Waals surface area contributed by atoms with Crippen molar-refractivity contribution in [2.75, 3.05) is 47.0 Å². The maximum atomic E-state index is 11.7. The number of nitrogens with one attached hydrogen (secondary N) is 2. The van der Waals surface area contributed by atoms with Gasteiger partial charge in [-0.15, -0.1) is 0 Å². The second kappa shape index (κ2) is 8.58. The van der Waals surface area contributed by atoms with Crippen LogP contribution in [-0.2, 0) is 19.1 Å². The van der Waals surface area contributed by atoms with Gasteiger partial charge in [-0.25, -0.2) is 4.79 Å². The predicted octanol–water partition coefficient (Wildman–Crippen LogP) is -0.800. The van der Waals surface area contributed by atoms with Crippen molar-refractivity contribution < 1.29 is 23.9 Å². The molecule has 1 fully saturated rings. The number of amides is 3. The normalized spacial score (nSPS) is 21.9. The van der Waals surface area contributed by atoms with E-state index in [1.165, 1.54) is 14.2 Å². The van der Waals surface area contributed by atoms with Gasteiger partial charge in [-0.1, -0.05) is 6.92 Å². The summed E-state index contributed by atoms with van der Waals surface area (Å²) in [4.78, 5) is 36.5. The Balaban J connectivity index is 2.32. The third-order valence-corrected chi connectivity index (χ3v) is 3.40. The zero-order chi connectivity index (χ0) is 15.8. The number of carbonyl (C=O) groups excluding carboxylic acids is 3. The summed E-state index contributed by atoms with van der Waals surface area (Å²) in [5.74, 6) is -0.760. The fraction of sp³-hybridized carbons (Fsp3) is 0.769. The van der Waals surface area contributed by atoms with Crippen molar-refractivity contribution in [3.63, 3.8) is 0 Å². The molecule has 2 atom stereocenters. The van der Waals surface area contributed by atoms with E-state index in [9.17, 15) is 14.4 Å². The topological polar surface area (TPSA) is 97.0 Å². The maximum absolute atomic E-state index is 11.7. The van der Waals surface area contributed by atoms with Crippen LogP contribution in [0.4, 0.5) is 4.79 Å². The molecule has 1 aliphatic heterocycles. The second-order valence-corrected chi connectivity index (χ2v) is 5.10. The van der Waals surface area contributed by atoms with E-state index in [1.54, 1.807) is 0 Å². The Morgan fingerprint density at radius 3 is 2.57 bits per heavy atom. The summed E-state index contributed by atoms with van der Waals surface area (Å²) in [7, 11) is 2.88. The van der Waals surface area contributed by atoms with E-state index in [2.05, 4.69) is 10.6 Å². The predicted molar refractivity (Wildman–Crippen MR) is 74.5 cm³/mol. The number of carbonyl (C=O) groups is 3. The minimum absolute atomic E-state index is 0.0789. The van der Waals surface area contributed by atoms with E-state index < -0.39 is 11.9 Å². The molecule has 0 radical (unpaired) electrons. The number of nitrogens with zero attached hydrogens (tertiary/aromatic N) is 1. The largest absolute Gasteiger partial charge is 0.469 e. The Kier molecular flexibility index (Phi) is 7.10. The third kappa shape index (κ3) is 5.68. The molecule has 0 aromatic rings. The molecule has 0 spiro atoms. The zero-order valence-corrected chi connectivity index (χ0v) is 12.7. The zero-order valence-electron chi connectivity index (χ0n) is 12.7. The van der Waals surface area contributed by atoms with Gasteiger partial charge in [0.05, 0.1) is 26.2 Å². The van der Waals surface area contributed by atoms with Crippen molar-refractivity contribution in [1.82, 2.24) is 15.5 Å². The molecule has 0 aliphatic carbocycles. The lowest BCUT2D eigenvalue weighted by molar-refractivity contribution is -0.146. The van der Waals surface area contributed by atoms with E-state index in [4.69, 9.17) is 9.47 Å². The van der Waals surface area contributed by atoms with Gasteiger partial charge in [0, 0.05) is 26.7 Å². The van der Waals surface area contributed by atoms with Gasteiger partial charge in [-0.3, -0.25) is 19.8 Å². The van der Waals surface area contributed by atoms with E-state index in [-0.39, 0.29) is 24.3 Å². The Hall–Kier alpha value is -1.67. The van der Waals surface area contributed by atoms with E-state index >= 15 is 0 Å². The molecule has 21 heavy (non-hydrogen) atoms. The molecule has 1 aliphatic rings. The molecular weight excluding hydrogens is 278 g/mol. The van der Waals surface area contributed by atoms with E-state index in [0.717, 1.165) is 0 Å². The first kappa shape index (κ1) is 17.4. The van der Waals surface area contributed by atoms with Crippen LogP contribution < -0.4 is 10.6 Å². The lowest BCUT2D eigenvalue weighted by Gasteiger charge is -2.14. The first-order chi connectivity index (χ1) is 9.97. The second-order valence-electron chi connectivity index (χ2n) is 5.10. The molecule has 0 saturated carbocycles. The smallest absolute Gasteiger partial charge is 0.321 e. The Labute approximate surface area is 124 Å². The number of imide groups is 1. The Morgan fingerprint density at radius 1 is 1.24 bits per heavy atom. The number of likely N-dealkylation sites (tertiary alicyclic amines) is 1. The van der Waals surface area contributed by atoms with Crippen LogP contribution in [0.15, 0.2) is 0 Å². The van der Waals surface area contributed by atoms with Crippen LogP contribution in [0.1, 0.15) is 6.92 Å². The first-order valence-electron chi connectivity index (χ1n) is 6.84. The van der Waals surface area contributed by atoms with Crippen LogP contribution >= 0.6 is 0 Å². The highest BCUT2D eigenvalue weighted by atomic mass is 16.5. The van der Waals surface area contributed by atoms with Gasteiger partial charge in [0.15, 0.2) is 0 Å². The summed E-state index contributed by atoms with van der Waals surface area (Å²) in [6.45, 7) is 3.82. The Bertz CT molecular complexity index is 388. The van der Waals surface area contributed by atoms with Crippen LogP contribution in [0, 0.1) is 11.8 Å². The molecular formula is C13H23N3O5. The highest BCUT2D eigenvalue weighted by Crippen LogP contribution is 2.23. The monoisotopic (exact) mass is 301 g/mol. The van der Waals surface area contributed by atoms with Crippen molar-refractivity contribution >= 4 is 17.9 Å². The summed E-state index contributed by atoms with van der Waals surface area (Å²) in [5, 5.41) is 4.73. The van der Waals surface area contributed by atoms with Crippen LogP contribution in [0.3, 0.4) is 0 Å². The van der Waals surface area contributed by atoms with Crippen molar-refractivity contribution in [2.24, 2.45) is 11.8 Å². The number of hydrogen-bond donors (Lipinski definition) is 2. The lowest BCUT2D eigenvalue weighted by Crippen LogP contribution is -2.45. The number of methoxy groups -OCH3 is 2. The van der Waals surface area contributed by atoms with Gasteiger partial charge < -0.3 is 14.8 Å². The lowest BCUT2D eigenvalue weighted by atomic mass is 9.99. The molecule has 120 valence electrons. The fourth-order valence-corrected chi connectivity index (χ4v) is 2.33. The highest BCUT2D eigenvalue weighted by Gasteiger charge is 2.36. The van der Waals surface area contributed by atoms with Crippen LogP contribution in [0.5, 0.6) is 0 Å². The quantitative estimate of drug-likeness (QED) is 0.492. The van der Waals surface area contributed by atoms with E-state index in [1.807, 2.05) is 11.8 Å². The van der Waals surface area contributed by atoms with Gasteiger partial charge in [-0.05, 0) is 5.92 Å². The van der Waals surface area contributed by atoms with Gasteiger partial charge in [-0.2, -0.15) is 0 Å². The van der Waals surface area contributed by atoms with Crippen molar-refractivity contribution in [2.45, 2.75) is 6.92 Å². The maximum Gasteiger partial charge on any atom is 0.321 e. The molecule has 1 heterocycles. The molecule has 0 aromatic heterocycles. The summed E-state index contributed by atoms with van der Waals surface area (Å²) in [6, 6.07) is -0.547. The summed E-state index contributed by atoms with van der Waals surface area (Å²) < 4.78 is 9.52. The molecule has 0 bridgehead atoms. The third-order valence-electron chi connectivity index (χ3n) is 3.40. The van der Waals surface area contributed by atoms with Crippen molar-refractivity contribution in [3.05, 3.63) is 0 Å². The number of rotatable bonds is 6. The average molecular weight is 301 g/mol. The SMILES string of the molecule is COCCNC(=O)NC(=O)CN1CC(C)C(C(=O)OC)C1. The van der Waals surface area contributed by atoms with Gasteiger partial charge >= 0.3 is 12.0 Å². The van der Waals surface area contributed by atoms with Gasteiger partial charge in [0.1, 0.15) is 0 Å². The highest BCUT2D eigenvalue weighted by molar-refractivity contribution is 5.95. The van der Waals surface area contributed by atoms with Crippen LogP contribution in [-0.4, -0.2) is 69.8 Å². The molecule has 2 N–H and O–H groups in total. The summed E-state index contributed by atoms with van der Waals surface area (Å²) in [5.41, 5.74) is 0. The molecule has 8 nitrogen and oxygen atoms in total. The van der Waals surface area contributed by atoms with Gasteiger partial charge in [0.2, 0.25) is 5.91 Å². The molecule has 1 saturated heterocycles. The molecule has 1 rings (SSSR count). The minimum atomic E-state index is -0.547. The fourth-order valence-electron chi connectivity index (χ4n) is 2.33. The Morgan fingerprint density at radius 2 is 1.95 bits per heavy atom. The standard InChI is InChI=1S/C13H23N3O5/c1-9-6-16(7-10(9)12(18)21-3)8-11(17)15-13(19)14-4-5-20-2/h9-10H,4-8H2,1-3H3,(H2,14,15,17,19). The number of esters is 1. The minimum Gasteiger partial charge on any atom is -0.469 e. The molecule has 0 aromatic carbocycles. The van der Waals surface area contributed by atoms with Gasteiger partial charge in [0.25, 0.3) is 0 Å².